The predicted molar refractivity (Wildman–Crippen MR) is 89.3 cm³/mol. The van der Waals surface area contributed by atoms with E-state index in [4.69, 9.17) is 9.47 Å². The van der Waals surface area contributed by atoms with Crippen molar-refractivity contribution in [3.63, 3.8) is 0 Å². The summed E-state index contributed by atoms with van der Waals surface area (Å²) in [7, 11) is 0. The summed E-state index contributed by atoms with van der Waals surface area (Å²) in [5, 5.41) is 16.7. The predicted octanol–water partition coefficient (Wildman–Crippen LogP) is 2.75. The van der Waals surface area contributed by atoms with Crippen molar-refractivity contribution in [1.29, 1.82) is 0 Å². The van der Waals surface area contributed by atoms with Crippen molar-refractivity contribution in [2.75, 3.05) is 13.2 Å². The van der Waals surface area contributed by atoms with E-state index < -0.39 is 5.97 Å². The molecule has 3 rings (SSSR count). The summed E-state index contributed by atoms with van der Waals surface area (Å²) in [6, 6.07) is 5.33. The zero-order valence-electron chi connectivity index (χ0n) is 13.1. The van der Waals surface area contributed by atoms with Crippen LogP contribution in [-0.4, -0.2) is 39.5 Å². The number of H-pyrrole nitrogens is 1. The van der Waals surface area contributed by atoms with Gasteiger partial charge in [0.1, 0.15) is 23.9 Å². The lowest BCUT2D eigenvalue weighted by Crippen LogP contribution is -2.15. The van der Waals surface area contributed by atoms with E-state index in [1.54, 1.807) is 24.3 Å². The number of thioether (sulfide) groups is 1. The van der Waals surface area contributed by atoms with Crippen LogP contribution < -0.4 is 9.47 Å². The first-order valence-corrected chi connectivity index (χ1v) is 8.41. The number of nitrogens with zero attached hydrogens (tertiary/aromatic N) is 2. The van der Waals surface area contributed by atoms with Gasteiger partial charge in [-0.1, -0.05) is 13.0 Å². The fourth-order valence-electron chi connectivity index (χ4n) is 2.21. The molecule has 0 saturated heterocycles. The molecule has 126 valence electrons. The first kappa shape index (κ1) is 16.4. The third-order valence-electron chi connectivity index (χ3n) is 3.27. The molecule has 2 heterocycles. The molecule has 1 aliphatic rings. The molecule has 0 fully saturated rings. The molecule has 0 atom stereocenters. The summed E-state index contributed by atoms with van der Waals surface area (Å²) >= 11 is 1.01. The molecule has 0 spiro atoms. The second kappa shape index (κ2) is 7.39. The number of carbonyl (C=O) groups is 1. The van der Waals surface area contributed by atoms with Gasteiger partial charge in [-0.3, -0.25) is 5.10 Å². The Balaban J connectivity index is 1.81. The summed E-state index contributed by atoms with van der Waals surface area (Å²) in [6.07, 6.45) is 3.29. The molecule has 0 radical (unpaired) electrons. The van der Waals surface area contributed by atoms with Gasteiger partial charge in [0.2, 0.25) is 5.16 Å². The number of aryl methyl sites for hydroxylation is 1. The maximum atomic E-state index is 11.5. The Morgan fingerprint density at radius 2 is 2.17 bits per heavy atom. The van der Waals surface area contributed by atoms with Crippen LogP contribution in [0.25, 0.3) is 6.08 Å². The molecule has 1 aromatic heterocycles. The van der Waals surface area contributed by atoms with Gasteiger partial charge in [0.15, 0.2) is 11.5 Å². The molecule has 1 aromatic carbocycles. The van der Waals surface area contributed by atoms with E-state index in [0.29, 0.717) is 35.4 Å². The number of aliphatic carboxylic acids is 1. The lowest BCUT2D eigenvalue weighted by molar-refractivity contribution is -0.131. The van der Waals surface area contributed by atoms with Crippen molar-refractivity contribution in [3.05, 3.63) is 34.5 Å². The molecule has 24 heavy (non-hydrogen) atoms. The second-order valence-corrected chi connectivity index (χ2v) is 6.14. The third-order valence-corrected chi connectivity index (χ3v) is 4.15. The van der Waals surface area contributed by atoms with Crippen LogP contribution >= 0.6 is 11.8 Å². The van der Waals surface area contributed by atoms with Crippen molar-refractivity contribution in [2.45, 2.75) is 24.9 Å². The quantitative estimate of drug-likeness (QED) is 0.612. The lowest BCUT2D eigenvalue weighted by Gasteiger charge is -2.18. The van der Waals surface area contributed by atoms with E-state index in [1.807, 2.05) is 6.92 Å². The van der Waals surface area contributed by atoms with Gasteiger partial charge in [-0.15, -0.1) is 5.10 Å². The van der Waals surface area contributed by atoms with Gasteiger partial charge in [-0.25, -0.2) is 9.78 Å². The van der Waals surface area contributed by atoms with Crippen LogP contribution in [-0.2, 0) is 11.2 Å². The molecule has 0 unspecified atom stereocenters. The average Bonchev–Trinajstić information content (AvgIpc) is 3.01. The summed E-state index contributed by atoms with van der Waals surface area (Å²) in [4.78, 5) is 15.9. The fraction of sp³-hybridized carbons (Fsp3) is 0.312. The van der Waals surface area contributed by atoms with Crippen LogP contribution in [0.1, 0.15) is 24.7 Å². The number of aromatic nitrogens is 3. The van der Waals surface area contributed by atoms with Crippen LogP contribution in [0.15, 0.2) is 28.3 Å². The minimum atomic E-state index is -1.03. The molecule has 0 saturated carbocycles. The molecular formula is C16H17N3O4S. The SMILES string of the molecule is CCCc1nc(S/C(=C\c2ccc3c(c2)OCCO3)C(=O)O)n[nH]1. The van der Waals surface area contributed by atoms with E-state index in [9.17, 15) is 9.90 Å². The molecule has 2 N–H and O–H groups in total. The van der Waals surface area contributed by atoms with E-state index in [0.717, 1.165) is 30.4 Å². The highest BCUT2D eigenvalue weighted by atomic mass is 32.2. The number of ether oxygens (including phenoxy) is 2. The highest BCUT2D eigenvalue weighted by Crippen LogP contribution is 2.33. The minimum absolute atomic E-state index is 0.133. The smallest absolute Gasteiger partial charge is 0.342 e. The number of carboxylic acids is 1. The van der Waals surface area contributed by atoms with Crippen LogP contribution in [0.3, 0.4) is 0 Å². The summed E-state index contributed by atoms with van der Waals surface area (Å²) in [5.74, 6) is 1.01. The van der Waals surface area contributed by atoms with E-state index in [2.05, 4.69) is 15.2 Å². The zero-order valence-corrected chi connectivity index (χ0v) is 13.9. The Kier molecular flexibility index (Phi) is 5.05. The molecule has 0 bridgehead atoms. The Hall–Kier alpha value is -2.48. The van der Waals surface area contributed by atoms with Gasteiger partial charge in [-0.05, 0) is 42.0 Å². The van der Waals surface area contributed by atoms with Crippen LogP contribution in [0.4, 0.5) is 0 Å². The Morgan fingerprint density at radius 3 is 2.92 bits per heavy atom. The molecule has 8 heteroatoms. The Bertz CT molecular complexity index is 772. The Morgan fingerprint density at radius 1 is 1.38 bits per heavy atom. The molecule has 0 amide bonds. The third kappa shape index (κ3) is 3.88. The average molecular weight is 347 g/mol. The lowest BCUT2D eigenvalue weighted by atomic mass is 10.2. The van der Waals surface area contributed by atoms with E-state index in [-0.39, 0.29) is 4.91 Å². The van der Waals surface area contributed by atoms with Crippen molar-refractivity contribution in [2.24, 2.45) is 0 Å². The normalized spacial score (nSPS) is 13.8. The molecular weight excluding hydrogens is 330 g/mol. The first-order chi connectivity index (χ1) is 11.7. The van der Waals surface area contributed by atoms with Crippen LogP contribution in [0, 0.1) is 0 Å². The number of hydrogen-bond acceptors (Lipinski definition) is 6. The summed E-state index contributed by atoms with van der Waals surface area (Å²) in [6.45, 7) is 3.04. The number of fused-ring (bicyclic) bond motifs is 1. The molecule has 0 aliphatic carbocycles. The van der Waals surface area contributed by atoms with Crippen molar-refractivity contribution in [3.8, 4) is 11.5 Å². The standard InChI is InChI=1S/C16H17N3O4S/c1-2-3-14-17-16(19-18-14)24-13(15(20)21)9-10-4-5-11-12(8-10)23-7-6-22-11/h4-5,8-9H,2-3,6-7H2,1H3,(H,20,21)(H,17,18,19)/b13-9-. The van der Waals surface area contributed by atoms with Crippen molar-refractivity contribution in [1.82, 2.24) is 15.2 Å². The number of benzene rings is 1. The van der Waals surface area contributed by atoms with E-state index >= 15 is 0 Å². The van der Waals surface area contributed by atoms with Crippen LogP contribution in [0.5, 0.6) is 11.5 Å². The number of nitrogens with one attached hydrogen (secondary N) is 1. The summed E-state index contributed by atoms with van der Waals surface area (Å²) < 4.78 is 11.0. The number of rotatable bonds is 6. The van der Waals surface area contributed by atoms with Gasteiger partial charge in [-0.2, -0.15) is 0 Å². The highest BCUT2D eigenvalue weighted by Gasteiger charge is 2.15. The maximum absolute atomic E-state index is 11.5. The van der Waals surface area contributed by atoms with Gasteiger partial charge < -0.3 is 14.6 Å². The van der Waals surface area contributed by atoms with Gasteiger partial charge in [0, 0.05) is 6.42 Å². The number of hydrogen-bond donors (Lipinski definition) is 2. The zero-order chi connectivity index (χ0) is 16.9. The highest BCUT2D eigenvalue weighted by molar-refractivity contribution is 8.04. The maximum Gasteiger partial charge on any atom is 0.342 e. The van der Waals surface area contributed by atoms with Gasteiger partial charge >= 0.3 is 5.97 Å². The van der Waals surface area contributed by atoms with Crippen molar-refractivity contribution < 1.29 is 19.4 Å². The number of carboxylic acid groups (broad SMARTS) is 1. The fourth-order valence-corrected chi connectivity index (χ4v) is 2.93. The molecule has 2 aromatic rings. The first-order valence-electron chi connectivity index (χ1n) is 7.59. The van der Waals surface area contributed by atoms with E-state index in [1.165, 1.54) is 0 Å². The minimum Gasteiger partial charge on any atom is -0.486 e. The molecule has 7 nitrogen and oxygen atoms in total. The van der Waals surface area contributed by atoms with Gasteiger partial charge in [0.25, 0.3) is 0 Å². The second-order valence-electron chi connectivity index (χ2n) is 5.13. The largest absolute Gasteiger partial charge is 0.486 e. The molecule has 1 aliphatic heterocycles. The summed E-state index contributed by atoms with van der Waals surface area (Å²) in [5.41, 5.74) is 0.716. The monoisotopic (exact) mass is 347 g/mol. The number of aromatic amines is 1. The Labute approximate surface area is 143 Å². The van der Waals surface area contributed by atoms with Gasteiger partial charge in [0.05, 0.1) is 0 Å². The van der Waals surface area contributed by atoms with Crippen molar-refractivity contribution >= 4 is 23.8 Å². The van der Waals surface area contributed by atoms with Crippen LogP contribution in [0.2, 0.25) is 0 Å². The topological polar surface area (TPSA) is 97.3 Å².